The van der Waals surface area contributed by atoms with Gasteiger partial charge in [0.2, 0.25) is 0 Å². The summed E-state index contributed by atoms with van der Waals surface area (Å²) in [6, 6.07) is 16.4. The number of carbonyl (C=O) groups is 2. The third kappa shape index (κ3) is 5.06. The fraction of sp³-hybridized carbons (Fsp3) is 0.240. The fourth-order valence-electron chi connectivity index (χ4n) is 3.91. The van der Waals surface area contributed by atoms with Crippen LogP contribution in [0.3, 0.4) is 0 Å². The first-order valence-corrected chi connectivity index (χ1v) is 11.6. The van der Waals surface area contributed by atoms with Gasteiger partial charge < -0.3 is 20.5 Å². The van der Waals surface area contributed by atoms with E-state index in [1.54, 1.807) is 13.0 Å². The molecule has 3 aromatic rings. The number of thiazole rings is 1. The summed E-state index contributed by atoms with van der Waals surface area (Å²) in [5.41, 5.74) is 10.7. The Hall–Kier alpha value is -3.65. The van der Waals surface area contributed by atoms with E-state index < -0.39 is 12.1 Å². The van der Waals surface area contributed by atoms with Crippen molar-refractivity contribution in [1.29, 1.82) is 0 Å². The lowest BCUT2D eigenvalue weighted by molar-refractivity contribution is 0.0520. The molecule has 1 aromatic heterocycles. The molecule has 33 heavy (non-hydrogen) atoms. The number of amides is 1. The van der Waals surface area contributed by atoms with Crippen molar-refractivity contribution in [2.24, 2.45) is 0 Å². The van der Waals surface area contributed by atoms with Gasteiger partial charge in [0, 0.05) is 12.5 Å². The van der Waals surface area contributed by atoms with E-state index in [4.69, 9.17) is 15.2 Å². The number of esters is 1. The SMILES string of the molecule is CCOC(=O)c1nc(N)sc1C=CCCNC(=O)OCC1c2ccccc2-c2ccccc21. The van der Waals surface area contributed by atoms with Crippen LogP contribution in [0, 0.1) is 0 Å². The van der Waals surface area contributed by atoms with Gasteiger partial charge in [0.05, 0.1) is 11.5 Å². The number of alkyl carbamates (subject to hydrolysis) is 1. The van der Waals surface area contributed by atoms with Gasteiger partial charge in [-0.05, 0) is 41.7 Å². The van der Waals surface area contributed by atoms with E-state index in [0.717, 1.165) is 0 Å². The Morgan fingerprint density at radius 3 is 2.42 bits per heavy atom. The zero-order chi connectivity index (χ0) is 23.2. The summed E-state index contributed by atoms with van der Waals surface area (Å²) in [4.78, 5) is 28.8. The lowest BCUT2D eigenvalue weighted by atomic mass is 9.98. The number of carbonyl (C=O) groups excluding carboxylic acids is 2. The average molecular weight is 464 g/mol. The number of nitrogen functional groups attached to an aromatic ring is 1. The van der Waals surface area contributed by atoms with Crippen molar-refractivity contribution in [3.05, 3.63) is 76.3 Å². The van der Waals surface area contributed by atoms with Crippen molar-refractivity contribution in [1.82, 2.24) is 10.3 Å². The highest BCUT2D eigenvalue weighted by Crippen LogP contribution is 2.44. The first-order chi connectivity index (χ1) is 16.1. The number of aromatic nitrogens is 1. The molecule has 3 N–H and O–H groups in total. The summed E-state index contributed by atoms with van der Waals surface area (Å²) in [5.74, 6) is -0.469. The molecule has 2 aromatic carbocycles. The molecule has 0 aliphatic heterocycles. The van der Waals surface area contributed by atoms with Gasteiger partial charge in [-0.25, -0.2) is 14.6 Å². The molecular formula is C25H25N3O4S. The van der Waals surface area contributed by atoms with E-state index in [9.17, 15) is 9.59 Å². The molecule has 7 nitrogen and oxygen atoms in total. The molecule has 0 spiro atoms. The second kappa shape index (κ2) is 10.3. The number of ether oxygens (including phenoxy) is 2. The summed E-state index contributed by atoms with van der Waals surface area (Å²) in [6.45, 7) is 2.68. The molecule has 0 radical (unpaired) electrons. The van der Waals surface area contributed by atoms with Gasteiger partial charge in [-0.15, -0.1) is 0 Å². The number of benzene rings is 2. The Morgan fingerprint density at radius 2 is 1.76 bits per heavy atom. The number of hydrogen-bond acceptors (Lipinski definition) is 7. The number of rotatable bonds is 8. The Balaban J connectivity index is 1.27. The molecule has 0 unspecified atom stereocenters. The van der Waals surface area contributed by atoms with E-state index >= 15 is 0 Å². The molecular weight excluding hydrogens is 438 g/mol. The predicted octanol–water partition coefficient (Wildman–Crippen LogP) is 4.84. The van der Waals surface area contributed by atoms with Crippen molar-refractivity contribution in [2.45, 2.75) is 19.3 Å². The van der Waals surface area contributed by atoms with E-state index in [1.807, 2.05) is 30.3 Å². The second-order valence-electron chi connectivity index (χ2n) is 7.43. The summed E-state index contributed by atoms with van der Waals surface area (Å²) in [5, 5.41) is 3.06. The molecule has 1 aliphatic carbocycles. The van der Waals surface area contributed by atoms with Crippen LogP contribution < -0.4 is 11.1 Å². The molecule has 0 saturated carbocycles. The smallest absolute Gasteiger partial charge is 0.407 e. The average Bonchev–Trinajstić information content (AvgIpc) is 3.35. The minimum atomic E-state index is -0.498. The Labute approximate surface area is 196 Å². The minimum Gasteiger partial charge on any atom is -0.461 e. The minimum absolute atomic E-state index is 0.0288. The molecule has 170 valence electrons. The zero-order valence-electron chi connectivity index (χ0n) is 18.2. The van der Waals surface area contributed by atoms with E-state index in [-0.39, 0.29) is 24.8 Å². The van der Waals surface area contributed by atoms with Crippen LogP contribution >= 0.6 is 11.3 Å². The van der Waals surface area contributed by atoms with Gasteiger partial charge >= 0.3 is 12.1 Å². The highest BCUT2D eigenvalue weighted by molar-refractivity contribution is 7.16. The topological polar surface area (TPSA) is 104 Å². The highest BCUT2D eigenvalue weighted by Gasteiger charge is 2.28. The highest BCUT2D eigenvalue weighted by atomic mass is 32.1. The number of nitrogens with zero attached hydrogens (tertiary/aromatic N) is 1. The van der Waals surface area contributed by atoms with Crippen molar-refractivity contribution in [2.75, 3.05) is 25.5 Å². The van der Waals surface area contributed by atoms with Crippen molar-refractivity contribution in [3.63, 3.8) is 0 Å². The van der Waals surface area contributed by atoms with Gasteiger partial charge in [-0.2, -0.15) is 0 Å². The van der Waals surface area contributed by atoms with Crippen LogP contribution in [0.4, 0.5) is 9.93 Å². The standard InChI is InChI=1S/C25H25N3O4S/c1-2-31-23(29)22-21(33-24(26)28-22)13-7-8-14-27-25(30)32-15-20-18-11-5-3-9-16(18)17-10-4-6-12-19(17)20/h3-7,9-13,20H,2,8,14-15H2,1H3,(H2,26,28)(H,27,30). The molecule has 0 bridgehead atoms. The maximum atomic E-state index is 12.2. The maximum Gasteiger partial charge on any atom is 0.407 e. The number of fused-ring (bicyclic) bond motifs is 3. The molecule has 1 heterocycles. The van der Waals surface area contributed by atoms with Gasteiger partial charge in [0.15, 0.2) is 10.8 Å². The summed E-state index contributed by atoms with van der Waals surface area (Å²) in [6.07, 6.45) is 3.71. The Bertz CT molecular complexity index is 1140. The lowest BCUT2D eigenvalue weighted by Gasteiger charge is -2.14. The van der Waals surface area contributed by atoms with Crippen molar-refractivity contribution < 1.29 is 19.1 Å². The summed E-state index contributed by atoms with van der Waals surface area (Å²) >= 11 is 1.21. The molecule has 0 atom stereocenters. The molecule has 0 fully saturated rings. The summed E-state index contributed by atoms with van der Waals surface area (Å²) < 4.78 is 10.5. The van der Waals surface area contributed by atoms with Crippen molar-refractivity contribution >= 4 is 34.6 Å². The molecule has 1 amide bonds. The van der Waals surface area contributed by atoms with Crippen LogP contribution in [0.5, 0.6) is 0 Å². The van der Waals surface area contributed by atoms with Gasteiger partial charge in [-0.1, -0.05) is 65.9 Å². The van der Waals surface area contributed by atoms with Gasteiger partial charge in [-0.3, -0.25) is 0 Å². The number of hydrogen-bond donors (Lipinski definition) is 2. The fourth-order valence-corrected chi connectivity index (χ4v) is 4.66. The largest absolute Gasteiger partial charge is 0.461 e. The quantitative estimate of drug-likeness (QED) is 0.366. The first-order valence-electron chi connectivity index (χ1n) is 10.8. The van der Waals surface area contributed by atoms with Crippen molar-refractivity contribution in [3.8, 4) is 11.1 Å². The molecule has 1 aliphatic rings. The normalized spacial score (nSPS) is 12.4. The third-order valence-corrected chi connectivity index (χ3v) is 6.18. The maximum absolute atomic E-state index is 12.2. The molecule has 8 heteroatoms. The van der Waals surface area contributed by atoms with Crippen LogP contribution in [-0.2, 0) is 9.47 Å². The first kappa shape index (κ1) is 22.5. The van der Waals surface area contributed by atoms with Crippen LogP contribution in [0.2, 0.25) is 0 Å². The Morgan fingerprint density at radius 1 is 1.09 bits per heavy atom. The van der Waals surface area contributed by atoms with E-state index in [1.165, 1.54) is 33.6 Å². The van der Waals surface area contributed by atoms with Gasteiger partial charge in [0.25, 0.3) is 0 Å². The monoisotopic (exact) mass is 463 g/mol. The van der Waals surface area contributed by atoms with Crippen LogP contribution in [0.25, 0.3) is 17.2 Å². The third-order valence-electron chi connectivity index (χ3n) is 5.33. The van der Waals surface area contributed by atoms with Crippen LogP contribution in [0.1, 0.15) is 45.8 Å². The number of anilines is 1. The Kier molecular flexibility index (Phi) is 7.04. The van der Waals surface area contributed by atoms with E-state index in [2.05, 4.69) is 34.6 Å². The lowest BCUT2D eigenvalue weighted by Crippen LogP contribution is -2.26. The van der Waals surface area contributed by atoms with Crippen LogP contribution in [0.15, 0.2) is 54.6 Å². The predicted molar refractivity (Wildman–Crippen MR) is 129 cm³/mol. The van der Waals surface area contributed by atoms with E-state index in [0.29, 0.717) is 23.0 Å². The molecule has 4 rings (SSSR count). The summed E-state index contributed by atoms with van der Waals surface area (Å²) in [7, 11) is 0. The van der Waals surface area contributed by atoms with Gasteiger partial charge in [0.1, 0.15) is 6.61 Å². The second-order valence-corrected chi connectivity index (χ2v) is 8.49. The van der Waals surface area contributed by atoms with Crippen LogP contribution in [-0.4, -0.2) is 36.8 Å². The number of nitrogens with one attached hydrogen (secondary N) is 1. The number of nitrogens with two attached hydrogens (primary N) is 1. The zero-order valence-corrected chi connectivity index (χ0v) is 19.1. The molecule has 0 saturated heterocycles.